The Morgan fingerprint density at radius 2 is 2.14 bits per heavy atom. The predicted octanol–water partition coefficient (Wildman–Crippen LogP) is 3.21. The summed E-state index contributed by atoms with van der Waals surface area (Å²) in [7, 11) is 0. The standard InChI is InChI=1S/C10H10Cl2FN/c11-7-3-8(6-1-2-14-5-6)10(12)9(13)4-7/h3-4,6,14H,1-2,5H2. The van der Waals surface area contributed by atoms with Gasteiger partial charge in [-0.3, -0.25) is 0 Å². The van der Waals surface area contributed by atoms with Crippen LogP contribution in [0, 0.1) is 5.82 Å². The van der Waals surface area contributed by atoms with E-state index in [9.17, 15) is 4.39 Å². The molecule has 1 atom stereocenters. The minimum atomic E-state index is -0.430. The number of hydrogen-bond donors (Lipinski definition) is 1. The third-order valence-electron chi connectivity index (χ3n) is 2.52. The van der Waals surface area contributed by atoms with Crippen LogP contribution in [-0.4, -0.2) is 13.1 Å². The second-order valence-electron chi connectivity index (χ2n) is 3.48. The zero-order chi connectivity index (χ0) is 10.1. The van der Waals surface area contributed by atoms with Crippen molar-refractivity contribution in [2.45, 2.75) is 12.3 Å². The Balaban J connectivity index is 2.40. The van der Waals surface area contributed by atoms with Crippen molar-refractivity contribution in [1.82, 2.24) is 5.32 Å². The van der Waals surface area contributed by atoms with Gasteiger partial charge in [-0.2, -0.15) is 0 Å². The van der Waals surface area contributed by atoms with Gasteiger partial charge in [0.05, 0.1) is 5.02 Å². The van der Waals surface area contributed by atoms with Gasteiger partial charge in [0.1, 0.15) is 5.82 Å². The molecule has 1 unspecified atom stereocenters. The molecule has 0 aliphatic carbocycles. The van der Waals surface area contributed by atoms with Crippen molar-refractivity contribution in [3.8, 4) is 0 Å². The monoisotopic (exact) mass is 233 g/mol. The SMILES string of the molecule is Fc1cc(Cl)cc(C2CCNC2)c1Cl. The molecular weight excluding hydrogens is 224 g/mol. The smallest absolute Gasteiger partial charge is 0.143 e. The summed E-state index contributed by atoms with van der Waals surface area (Å²) in [5.41, 5.74) is 0.821. The van der Waals surface area contributed by atoms with Crippen molar-refractivity contribution in [1.29, 1.82) is 0 Å². The topological polar surface area (TPSA) is 12.0 Å². The van der Waals surface area contributed by atoms with Crippen LogP contribution in [0.5, 0.6) is 0 Å². The van der Waals surface area contributed by atoms with Gasteiger partial charge in [0, 0.05) is 11.6 Å². The Morgan fingerprint density at radius 1 is 1.36 bits per heavy atom. The molecule has 76 valence electrons. The third kappa shape index (κ3) is 1.88. The summed E-state index contributed by atoms with van der Waals surface area (Å²) in [6.45, 7) is 1.80. The van der Waals surface area contributed by atoms with E-state index in [1.165, 1.54) is 6.07 Å². The highest BCUT2D eigenvalue weighted by atomic mass is 35.5. The Bertz CT molecular complexity index is 348. The third-order valence-corrected chi connectivity index (χ3v) is 3.14. The van der Waals surface area contributed by atoms with Crippen LogP contribution in [0.15, 0.2) is 12.1 Å². The molecule has 1 saturated heterocycles. The first-order chi connectivity index (χ1) is 6.68. The predicted molar refractivity (Wildman–Crippen MR) is 56.6 cm³/mol. The molecule has 1 aliphatic rings. The van der Waals surface area contributed by atoms with Crippen LogP contribution >= 0.6 is 23.2 Å². The van der Waals surface area contributed by atoms with Crippen molar-refractivity contribution in [3.05, 3.63) is 33.6 Å². The van der Waals surface area contributed by atoms with Gasteiger partial charge in [-0.1, -0.05) is 23.2 Å². The lowest BCUT2D eigenvalue weighted by Crippen LogP contribution is -2.08. The molecule has 1 nitrogen and oxygen atoms in total. The maximum atomic E-state index is 13.3. The van der Waals surface area contributed by atoms with E-state index in [4.69, 9.17) is 23.2 Å². The van der Waals surface area contributed by atoms with Crippen molar-refractivity contribution < 1.29 is 4.39 Å². The van der Waals surface area contributed by atoms with Crippen molar-refractivity contribution in [3.63, 3.8) is 0 Å². The van der Waals surface area contributed by atoms with E-state index in [2.05, 4.69) is 5.32 Å². The van der Waals surface area contributed by atoms with Gasteiger partial charge in [0.15, 0.2) is 0 Å². The molecule has 0 saturated carbocycles. The van der Waals surface area contributed by atoms with Gasteiger partial charge in [0.25, 0.3) is 0 Å². The Morgan fingerprint density at radius 3 is 2.79 bits per heavy atom. The van der Waals surface area contributed by atoms with E-state index in [0.717, 1.165) is 25.1 Å². The first-order valence-electron chi connectivity index (χ1n) is 4.53. The Kier molecular flexibility index (Phi) is 2.96. The van der Waals surface area contributed by atoms with E-state index in [1.54, 1.807) is 6.07 Å². The number of halogens is 3. The zero-order valence-corrected chi connectivity index (χ0v) is 9.00. The summed E-state index contributed by atoms with van der Waals surface area (Å²) in [6.07, 6.45) is 0.986. The molecule has 1 fully saturated rings. The summed E-state index contributed by atoms with van der Waals surface area (Å²) in [6, 6.07) is 3.00. The van der Waals surface area contributed by atoms with Gasteiger partial charge >= 0.3 is 0 Å². The Hall–Kier alpha value is -0.310. The maximum absolute atomic E-state index is 13.3. The molecule has 1 N–H and O–H groups in total. The summed E-state index contributed by atoms with van der Waals surface area (Å²) in [4.78, 5) is 0. The molecule has 1 aromatic rings. The molecule has 1 aromatic carbocycles. The molecule has 0 amide bonds. The van der Waals surface area contributed by atoms with E-state index in [1.807, 2.05) is 0 Å². The van der Waals surface area contributed by atoms with Gasteiger partial charge < -0.3 is 5.32 Å². The number of nitrogens with one attached hydrogen (secondary N) is 1. The molecule has 0 radical (unpaired) electrons. The van der Waals surface area contributed by atoms with Crippen LogP contribution < -0.4 is 5.32 Å². The molecule has 1 heterocycles. The first-order valence-corrected chi connectivity index (χ1v) is 5.29. The molecule has 0 bridgehead atoms. The van der Waals surface area contributed by atoms with Crippen LogP contribution in [-0.2, 0) is 0 Å². The fourth-order valence-electron chi connectivity index (χ4n) is 1.79. The van der Waals surface area contributed by atoms with Crippen molar-refractivity contribution >= 4 is 23.2 Å². The van der Waals surface area contributed by atoms with E-state index >= 15 is 0 Å². The molecule has 4 heteroatoms. The Labute approximate surface area is 92.2 Å². The van der Waals surface area contributed by atoms with Crippen molar-refractivity contribution in [2.24, 2.45) is 0 Å². The maximum Gasteiger partial charge on any atom is 0.143 e. The second-order valence-corrected chi connectivity index (χ2v) is 4.29. The summed E-state index contributed by atoms with van der Waals surface area (Å²) in [5, 5.41) is 3.83. The lowest BCUT2D eigenvalue weighted by molar-refractivity contribution is 0.621. The minimum absolute atomic E-state index is 0.211. The molecule has 0 aromatic heterocycles. The number of rotatable bonds is 1. The zero-order valence-electron chi connectivity index (χ0n) is 7.49. The highest BCUT2D eigenvalue weighted by Gasteiger charge is 2.21. The highest BCUT2D eigenvalue weighted by molar-refractivity contribution is 6.33. The van der Waals surface area contributed by atoms with Crippen molar-refractivity contribution in [2.75, 3.05) is 13.1 Å². The fraction of sp³-hybridized carbons (Fsp3) is 0.400. The number of benzene rings is 1. The lowest BCUT2D eigenvalue weighted by atomic mass is 9.98. The van der Waals surface area contributed by atoms with Crippen LogP contribution in [0.25, 0.3) is 0 Å². The van der Waals surface area contributed by atoms with Crippen LogP contribution in [0.1, 0.15) is 17.9 Å². The van der Waals surface area contributed by atoms with Gasteiger partial charge in [-0.25, -0.2) is 4.39 Å². The average Bonchev–Trinajstić information content (AvgIpc) is 2.63. The van der Waals surface area contributed by atoms with Crippen LogP contribution in [0.3, 0.4) is 0 Å². The second kappa shape index (κ2) is 4.05. The molecule has 1 aliphatic heterocycles. The highest BCUT2D eigenvalue weighted by Crippen LogP contribution is 2.33. The molecule has 0 spiro atoms. The summed E-state index contributed by atoms with van der Waals surface area (Å²) >= 11 is 11.7. The van der Waals surface area contributed by atoms with Gasteiger partial charge in [0.2, 0.25) is 0 Å². The van der Waals surface area contributed by atoms with Crippen LogP contribution in [0.4, 0.5) is 4.39 Å². The summed E-state index contributed by atoms with van der Waals surface area (Å²) in [5.74, 6) is -0.142. The van der Waals surface area contributed by atoms with E-state index in [0.29, 0.717) is 5.02 Å². The normalized spacial score (nSPS) is 21.5. The molecule has 14 heavy (non-hydrogen) atoms. The minimum Gasteiger partial charge on any atom is -0.316 e. The van der Waals surface area contributed by atoms with Crippen LogP contribution in [0.2, 0.25) is 10.0 Å². The molecule has 2 rings (SSSR count). The lowest BCUT2D eigenvalue weighted by Gasteiger charge is -2.11. The van der Waals surface area contributed by atoms with Gasteiger partial charge in [-0.05, 0) is 36.6 Å². The fourth-order valence-corrected chi connectivity index (χ4v) is 2.27. The first kappa shape index (κ1) is 10.2. The van der Waals surface area contributed by atoms with E-state index < -0.39 is 5.82 Å². The largest absolute Gasteiger partial charge is 0.316 e. The average molecular weight is 234 g/mol. The summed E-state index contributed by atoms with van der Waals surface area (Å²) < 4.78 is 13.3. The van der Waals surface area contributed by atoms with Gasteiger partial charge in [-0.15, -0.1) is 0 Å². The molecular formula is C10H10Cl2FN. The number of hydrogen-bond acceptors (Lipinski definition) is 1. The quantitative estimate of drug-likeness (QED) is 0.735. The van der Waals surface area contributed by atoms with E-state index in [-0.39, 0.29) is 10.9 Å².